The van der Waals surface area contributed by atoms with Crippen LogP contribution in [-0.4, -0.2) is 4.98 Å². The number of nitrogens with zero attached hydrogens (tertiary/aromatic N) is 1. The van der Waals surface area contributed by atoms with Crippen molar-refractivity contribution in [3.8, 4) is 0 Å². The first-order chi connectivity index (χ1) is 6.70. The third-order valence-corrected chi connectivity index (χ3v) is 2.45. The van der Waals surface area contributed by atoms with Crippen LogP contribution in [0.2, 0.25) is 5.02 Å². The highest BCUT2D eigenvalue weighted by molar-refractivity contribution is 6.31. The Bertz CT molecular complexity index is 482. The van der Waals surface area contributed by atoms with Crippen LogP contribution in [0.4, 0.5) is 4.39 Å². The minimum atomic E-state index is -0.622. The molecule has 72 valence electrons. The smallest absolute Gasteiger partial charge is 0.133 e. The van der Waals surface area contributed by atoms with E-state index in [2.05, 4.69) is 4.98 Å². The highest BCUT2D eigenvalue weighted by Crippen LogP contribution is 2.22. The van der Waals surface area contributed by atoms with E-state index in [1.165, 1.54) is 0 Å². The lowest BCUT2D eigenvalue weighted by atomic mass is 10.1. The van der Waals surface area contributed by atoms with Gasteiger partial charge in [0.2, 0.25) is 0 Å². The van der Waals surface area contributed by atoms with Crippen molar-refractivity contribution < 1.29 is 4.39 Å². The molecule has 3 heteroatoms. The summed E-state index contributed by atoms with van der Waals surface area (Å²) in [6, 6.07) is 7.56. The van der Waals surface area contributed by atoms with E-state index in [4.69, 9.17) is 11.6 Å². The van der Waals surface area contributed by atoms with E-state index in [-0.39, 0.29) is 0 Å². The molecule has 0 fully saturated rings. The van der Waals surface area contributed by atoms with Crippen molar-refractivity contribution in [2.75, 3.05) is 0 Å². The first-order valence-corrected chi connectivity index (χ1v) is 4.70. The van der Waals surface area contributed by atoms with Gasteiger partial charge in [0.1, 0.15) is 6.67 Å². The monoisotopic (exact) mass is 209 g/mol. The Morgan fingerprint density at radius 2 is 2.14 bits per heavy atom. The normalized spacial score (nSPS) is 10.8. The molecule has 0 unspecified atom stereocenters. The van der Waals surface area contributed by atoms with Crippen molar-refractivity contribution >= 4 is 22.5 Å². The molecule has 0 aliphatic heterocycles. The van der Waals surface area contributed by atoms with E-state index in [1.54, 1.807) is 6.07 Å². The maximum Gasteiger partial charge on any atom is 0.133 e. The lowest BCUT2D eigenvalue weighted by molar-refractivity contribution is 0.477. The summed E-state index contributed by atoms with van der Waals surface area (Å²) in [5.41, 5.74) is 2.24. The SMILES string of the molecule is Cc1ccc2nc(CF)c(Cl)cc2c1. The van der Waals surface area contributed by atoms with E-state index < -0.39 is 6.67 Å². The van der Waals surface area contributed by atoms with Gasteiger partial charge in [-0.2, -0.15) is 0 Å². The molecule has 0 amide bonds. The lowest BCUT2D eigenvalue weighted by Crippen LogP contribution is -1.89. The molecule has 1 aromatic heterocycles. The van der Waals surface area contributed by atoms with Crippen molar-refractivity contribution in [3.05, 3.63) is 40.5 Å². The van der Waals surface area contributed by atoms with Gasteiger partial charge in [0.05, 0.1) is 16.2 Å². The molecule has 0 N–H and O–H groups in total. The minimum absolute atomic E-state index is 0.308. The molecule has 0 atom stereocenters. The zero-order valence-electron chi connectivity index (χ0n) is 7.72. The van der Waals surface area contributed by atoms with Gasteiger partial charge in [-0.25, -0.2) is 9.37 Å². The molecule has 0 aliphatic rings. The molecule has 0 aliphatic carbocycles. The number of rotatable bonds is 1. The van der Waals surface area contributed by atoms with Crippen LogP contribution in [0.5, 0.6) is 0 Å². The fraction of sp³-hybridized carbons (Fsp3) is 0.182. The highest BCUT2D eigenvalue weighted by atomic mass is 35.5. The molecule has 1 heterocycles. The van der Waals surface area contributed by atoms with Crippen molar-refractivity contribution in [1.29, 1.82) is 0 Å². The minimum Gasteiger partial charge on any atom is -0.248 e. The Hall–Kier alpha value is -1.15. The lowest BCUT2D eigenvalue weighted by Gasteiger charge is -2.03. The van der Waals surface area contributed by atoms with Crippen LogP contribution in [0.3, 0.4) is 0 Å². The van der Waals surface area contributed by atoms with E-state index in [0.717, 1.165) is 16.5 Å². The molecule has 2 aromatic rings. The van der Waals surface area contributed by atoms with Crippen LogP contribution in [0, 0.1) is 6.92 Å². The number of pyridine rings is 1. The van der Waals surface area contributed by atoms with E-state index in [1.807, 2.05) is 25.1 Å². The fourth-order valence-electron chi connectivity index (χ4n) is 1.40. The Balaban J connectivity index is 2.73. The first kappa shape index (κ1) is 9.41. The molecular weight excluding hydrogens is 201 g/mol. The molecular formula is C11H9ClFN. The summed E-state index contributed by atoms with van der Waals surface area (Å²) < 4.78 is 12.4. The zero-order chi connectivity index (χ0) is 10.1. The summed E-state index contributed by atoms with van der Waals surface area (Å²) in [6.45, 7) is 1.37. The number of halogens is 2. The summed E-state index contributed by atoms with van der Waals surface area (Å²) in [7, 11) is 0. The average Bonchev–Trinajstić information content (AvgIpc) is 2.16. The molecule has 1 nitrogen and oxygen atoms in total. The quantitative estimate of drug-likeness (QED) is 0.699. The highest BCUT2D eigenvalue weighted by Gasteiger charge is 2.04. The standard InChI is InChI=1S/C11H9ClFN/c1-7-2-3-10-8(4-7)5-9(12)11(6-13)14-10/h2-5H,6H2,1H3. The molecule has 14 heavy (non-hydrogen) atoms. The Labute approximate surface area is 86.5 Å². The third-order valence-electron chi connectivity index (χ3n) is 2.12. The van der Waals surface area contributed by atoms with Crippen molar-refractivity contribution in [2.45, 2.75) is 13.6 Å². The zero-order valence-corrected chi connectivity index (χ0v) is 8.48. The predicted molar refractivity (Wildman–Crippen MR) is 56.3 cm³/mol. The largest absolute Gasteiger partial charge is 0.248 e. The van der Waals surface area contributed by atoms with Gasteiger partial charge in [-0.1, -0.05) is 23.2 Å². The number of fused-ring (bicyclic) bond motifs is 1. The second kappa shape index (κ2) is 3.54. The number of hydrogen-bond acceptors (Lipinski definition) is 1. The summed E-state index contributed by atoms with van der Waals surface area (Å²) in [5, 5.41) is 1.35. The van der Waals surface area contributed by atoms with Crippen LogP contribution >= 0.6 is 11.6 Å². The maximum atomic E-state index is 12.4. The van der Waals surface area contributed by atoms with Gasteiger partial charge >= 0.3 is 0 Å². The first-order valence-electron chi connectivity index (χ1n) is 4.32. The summed E-state index contributed by atoms with van der Waals surface area (Å²) in [6.07, 6.45) is 0. The topological polar surface area (TPSA) is 12.9 Å². The van der Waals surface area contributed by atoms with Gasteiger partial charge < -0.3 is 0 Å². The predicted octanol–water partition coefficient (Wildman–Crippen LogP) is 3.67. The van der Waals surface area contributed by atoms with Crippen LogP contribution < -0.4 is 0 Å². The van der Waals surface area contributed by atoms with Crippen LogP contribution in [0.1, 0.15) is 11.3 Å². The summed E-state index contributed by atoms with van der Waals surface area (Å²) in [4.78, 5) is 4.13. The molecule has 0 saturated heterocycles. The van der Waals surface area contributed by atoms with Crippen LogP contribution in [-0.2, 0) is 6.67 Å². The summed E-state index contributed by atoms with van der Waals surface area (Å²) in [5.74, 6) is 0. The number of hydrogen-bond donors (Lipinski definition) is 0. The van der Waals surface area contributed by atoms with Gasteiger partial charge in [-0.3, -0.25) is 0 Å². The number of benzene rings is 1. The Morgan fingerprint density at radius 3 is 2.86 bits per heavy atom. The van der Waals surface area contributed by atoms with E-state index in [9.17, 15) is 4.39 Å². The van der Waals surface area contributed by atoms with Gasteiger partial charge in [0, 0.05) is 5.39 Å². The van der Waals surface area contributed by atoms with Gasteiger partial charge in [-0.15, -0.1) is 0 Å². The van der Waals surface area contributed by atoms with Gasteiger partial charge in [0.15, 0.2) is 0 Å². The van der Waals surface area contributed by atoms with Crippen molar-refractivity contribution in [2.24, 2.45) is 0 Å². The van der Waals surface area contributed by atoms with Crippen molar-refractivity contribution in [3.63, 3.8) is 0 Å². The second-order valence-corrected chi connectivity index (χ2v) is 3.65. The molecule has 0 spiro atoms. The van der Waals surface area contributed by atoms with E-state index in [0.29, 0.717) is 10.7 Å². The second-order valence-electron chi connectivity index (χ2n) is 3.25. The van der Waals surface area contributed by atoms with E-state index >= 15 is 0 Å². The van der Waals surface area contributed by atoms with Gasteiger partial charge in [0.25, 0.3) is 0 Å². The van der Waals surface area contributed by atoms with Gasteiger partial charge in [-0.05, 0) is 25.1 Å². The molecule has 0 saturated carbocycles. The molecule has 0 bridgehead atoms. The van der Waals surface area contributed by atoms with Crippen LogP contribution in [0.25, 0.3) is 10.9 Å². The third kappa shape index (κ3) is 1.58. The number of aromatic nitrogens is 1. The Kier molecular flexibility index (Phi) is 2.38. The fourth-order valence-corrected chi connectivity index (χ4v) is 1.61. The summed E-state index contributed by atoms with van der Waals surface area (Å²) >= 11 is 5.85. The Morgan fingerprint density at radius 1 is 1.36 bits per heavy atom. The number of aryl methyl sites for hydroxylation is 1. The molecule has 2 rings (SSSR count). The van der Waals surface area contributed by atoms with Crippen LogP contribution in [0.15, 0.2) is 24.3 Å². The van der Waals surface area contributed by atoms with Crippen molar-refractivity contribution in [1.82, 2.24) is 4.98 Å². The number of alkyl halides is 1. The molecule has 0 radical (unpaired) electrons. The maximum absolute atomic E-state index is 12.4. The molecule has 1 aromatic carbocycles. The average molecular weight is 210 g/mol.